The summed E-state index contributed by atoms with van der Waals surface area (Å²) < 4.78 is 40.0. The van der Waals surface area contributed by atoms with Crippen LogP contribution in [0.4, 0.5) is 13.2 Å². The van der Waals surface area contributed by atoms with Gasteiger partial charge in [0.25, 0.3) is 0 Å². The van der Waals surface area contributed by atoms with E-state index in [0.29, 0.717) is 18.9 Å². The lowest BCUT2D eigenvalue weighted by atomic mass is 9.83. The molecule has 1 saturated carbocycles. The Morgan fingerprint density at radius 2 is 1.70 bits per heavy atom. The molecule has 0 unspecified atom stereocenters. The minimum Gasteiger partial charge on any atom is -0.314 e. The van der Waals surface area contributed by atoms with Gasteiger partial charge in [-0.2, -0.15) is 0 Å². The van der Waals surface area contributed by atoms with Crippen molar-refractivity contribution < 1.29 is 13.2 Å². The first kappa shape index (κ1) is 15.4. The molecule has 112 valence electrons. The number of hydrogen-bond acceptors (Lipinski definition) is 1. The average molecular weight is 285 g/mol. The molecule has 0 amide bonds. The Kier molecular flexibility index (Phi) is 4.74. The highest BCUT2D eigenvalue weighted by Crippen LogP contribution is 2.29. The van der Waals surface area contributed by atoms with E-state index in [1.807, 2.05) is 0 Å². The van der Waals surface area contributed by atoms with Crippen LogP contribution in [0, 0.1) is 22.9 Å². The summed E-state index contributed by atoms with van der Waals surface area (Å²) in [6.45, 7) is 5.13. The summed E-state index contributed by atoms with van der Waals surface area (Å²) in [5.74, 6) is -2.43. The number of benzene rings is 1. The smallest absolute Gasteiger partial charge is 0.132 e. The Morgan fingerprint density at radius 1 is 1.10 bits per heavy atom. The zero-order chi connectivity index (χ0) is 14.8. The Hall–Kier alpha value is -1.03. The lowest BCUT2D eigenvalue weighted by Gasteiger charge is -2.25. The molecule has 0 spiro atoms. The van der Waals surface area contributed by atoms with E-state index in [2.05, 4.69) is 19.2 Å². The van der Waals surface area contributed by atoms with Crippen LogP contribution in [0.25, 0.3) is 0 Å². The molecule has 0 radical (unpaired) electrons. The molecule has 4 heteroatoms. The number of hydrogen-bond donors (Lipinski definition) is 1. The Morgan fingerprint density at radius 3 is 2.25 bits per heavy atom. The Labute approximate surface area is 118 Å². The van der Waals surface area contributed by atoms with Gasteiger partial charge in [-0.15, -0.1) is 0 Å². The van der Waals surface area contributed by atoms with Gasteiger partial charge in [0.05, 0.1) is 0 Å². The number of halogens is 3. The molecule has 1 aromatic carbocycles. The van der Waals surface area contributed by atoms with Gasteiger partial charge in [-0.1, -0.05) is 13.8 Å². The fraction of sp³-hybridized carbons (Fsp3) is 0.625. The summed E-state index contributed by atoms with van der Waals surface area (Å²) in [5, 5.41) is 3.44. The van der Waals surface area contributed by atoms with Crippen LogP contribution in [-0.4, -0.2) is 12.6 Å². The van der Waals surface area contributed by atoms with Crippen LogP contribution >= 0.6 is 0 Å². The van der Waals surface area contributed by atoms with Gasteiger partial charge in [-0.05, 0) is 44.1 Å². The van der Waals surface area contributed by atoms with Gasteiger partial charge >= 0.3 is 0 Å². The van der Waals surface area contributed by atoms with Crippen LogP contribution in [0.15, 0.2) is 12.1 Å². The second-order valence-electron chi connectivity index (χ2n) is 6.49. The van der Waals surface area contributed by atoms with Crippen LogP contribution in [0.2, 0.25) is 0 Å². The molecule has 0 bridgehead atoms. The van der Waals surface area contributed by atoms with E-state index in [1.54, 1.807) is 0 Å². The summed E-state index contributed by atoms with van der Waals surface area (Å²) in [6.07, 6.45) is 4.46. The van der Waals surface area contributed by atoms with Gasteiger partial charge in [-0.25, -0.2) is 13.2 Å². The minimum atomic E-state index is -0.864. The monoisotopic (exact) mass is 285 g/mol. The largest absolute Gasteiger partial charge is 0.314 e. The maximum atomic E-state index is 13.6. The van der Waals surface area contributed by atoms with Crippen molar-refractivity contribution in [3.63, 3.8) is 0 Å². The van der Waals surface area contributed by atoms with Crippen molar-refractivity contribution in [3.05, 3.63) is 35.1 Å². The summed E-state index contributed by atoms with van der Waals surface area (Å²) in [6, 6.07) is 2.18. The number of nitrogens with one attached hydrogen (secondary N) is 1. The van der Waals surface area contributed by atoms with E-state index in [9.17, 15) is 13.2 Å². The highest BCUT2D eigenvalue weighted by atomic mass is 19.1. The summed E-state index contributed by atoms with van der Waals surface area (Å²) >= 11 is 0. The van der Waals surface area contributed by atoms with Crippen molar-refractivity contribution in [2.75, 3.05) is 6.54 Å². The van der Waals surface area contributed by atoms with Crippen LogP contribution in [0.1, 0.15) is 45.1 Å². The lowest BCUT2D eigenvalue weighted by Crippen LogP contribution is -2.24. The van der Waals surface area contributed by atoms with Crippen LogP contribution in [0.5, 0.6) is 0 Å². The molecule has 1 N–H and O–H groups in total. The molecule has 0 atom stereocenters. The summed E-state index contributed by atoms with van der Waals surface area (Å²) in [4.78, 5) is 0. The molecule has 1 nitrogen and oxygen atoms in total. The van der Waals surface area contributed by atoms with Gasteiger partial charge in [0.2, 0.25) is 0 Å². The van der Waals surface area contributed by atoms with Crippen molar-refractivity contribution in [3.8, 4) is 0 Å². The first-order chi connectivity index (χ1) is 9.37. The lowest BCUT2D eigenvalue weighted by molar-refractivity contribution is 0.298. The third-order valence-corrected chi connectivity index (χ3v) is 3.97. The van der Waals surface area contributed by atoms with Gasteiger partial charge in [0.1, 0.15) is 17.5 Å². The number of rotatable bonds is 7. The van der Waals surface area contributed by atoms with E-state index in [0.717, 1.165) is 25.1 Å². The van der Waals surface area contributed by atoms with Crippen molar-refractivity contribution >= 4 is 0 Å². The summed E-state index contributed by atoms with van der Waals surface area (Å²) in [5.41, 5.74) is 0.00411. The van der Waals surface area contributed by atoms with E-state index < -0.39 is 17.5 Å². The van der Waals surface area contributed by atoms with E-state index in [-0.39, 0.29) is 11.0 Å². The predicted octanol–water partition coefficient (Wildman–Crippen LogP) is 4.20. The Balaban J connectivity index is 1.86. The second-order valence-corrected chi connectivity index (χ2v) is 6.49. The second kappa shape index (κ2) is 6.17. The fourth-order valence-corrected chi connectivity index (χ4v) is 2.30. The molecule has 0 aliphatic heterocycles. The molecule has 1 aliphatic carbocycles. The van der Waals surface area contributed by atoms with Gasteiger partial charge < -0.3 is 5.32 Å². The molecule has 1 aliphatic rings. The van der Waals surface area contributed by atoms with Crippen LogP contribution in [0.3, 0.4) is 0 Å². The normalized spacial score (nSPS) is 15.7. The molecule has 20 heavy (non-hydrogen) atoms. The van der Waals surface area contributed by atoms with Gasteiger partial charge in [0.15, 0.2) is 0 Å². The van der Waals surface area contributed by atoms with Gasteiger partial charge in [-0.3, -0.25) is 0 Å². The van der Waals surface area contributed by atoms with Crippen molar-refractivity contribution in [1.82, 2.24) is 5.32 Å². The predicted molar refractivity (Wildman–Crippen MR) is 74.1 cm³/mol. The zero-order valence-corrected chi connectivity index (χ0v) is 12.1. The van der Waals surface area contributed by atoms with Crippen molar-refractivity contribution in [1.29, 1.82) is 0 Å². The average Bonchev–Trinajstić information content (AvgIpc) is 3.11. The SMILES string of the molecule is CC(C)(CCNC1CC1)CCc1c(F)cc(F)cc1F. The third kappa shape index (κ3) is 4.51. The molecule has 0 aromatic heterocycles. The highest BCUT2D eigenvalue weighted by Gasteiger charge is 2.23. The maximum absolute atomic E-state index is 13.6. The molecule has 1 aromatic rings. The molecule has 1 fully saturated rings. The summed E-state index contributed by atoms with van der Waals surface area (Å²) in [7, 11) is 0. The Bertz CT molecular complexity index is 444. The van der Waals surface area contributed by atoms with E-state index in [1.165, 1.54) is 12.8 Å². The van der Waals surface area contributed by atoms with Crippen molar-refractivity contribution in [2.45, 2.75) is 52.0 Å². The molecular formula is C16H22F3N. The quantitative estimate of drug-likeness (QED) is 0.791. The minimum absolute atomic E-state index is 0.00497. The van der Waals surface area contributed by atoms with Crippen molar-refractivity contribution in [2.24, 2.45) is 5.41 Å². The topological polar surface area (TPSA) is 12.0 Å². The molecular weight excluding hydrogens is 263 g/mol. The molecule has 2 rings (SSSR count). The first-order valence-electron chi connectivity index (χ1n) is 7.24. The van der Waals surface area contributed by atoms with Crippen LogP contribution in [-0.2, 0) is 6.42 Å². The zero-order valence-electron chi connectivity index (χ0n) is 12.1. The standard InChI is InChI=1S/C16H22F3N/c1-16(2,7-8-20-12-3-4-12)6-5-13-14(18)9-11(17)10-15(13)19/h9-10,12,20H,3-8H2,1-2H3. The first-order valence-corrected chi connectivity index (χ1v) is 7.24. The molecule has 0 heterocycles. The van der Waals surface area contributed by atoms with E-state index >= 15 is 0 Å². The van der Waals surface area contributed by atoms with E-state index in [4.69, 9.17) is 0 Å². The maximum Gasteiger partial charge on any atom is 0.132 e. The molecule has 0 saturated heterocycles. The fourth-order valence-electron chi connectivity index (χ4n) is 2.30. The highest BCUT2D eigenvalue weighted by molar-refractivity contribution is 5.21. The van der Waals surface area contributed by atoms with Crippen LogP contribution < -0.4 is 5.32 Å². The van der Waals surface area contributed by atoms with Gasteiger partial charge in [0, 0.05) is 23.7 Å². The third-order valence-electron chi connectivity index (χ3n) is 3.97.